The largest absolute Gasteiger partial charge is 0.480 e. The first kappa shape index (κ1) is 13.7. The Labute approximate surface area is 105 Å². The second-order valence-electron chi connectivity index (χ2n) is 3.80. The molecule has 4 nitrogen and oxygen atoms in total. The molecule has 0 aliphatic carbocycles. The van der Waals surface area contributed by atoms with Crippen molar-refractivity contribution in [3.8, 4) is 0 Å². The van der Waals surface area contributed by atoms with E-state index in [-0.39, 0.29) is 5.91 Å². The van der Waals surface area contributed by atoms with Crippen molar-refractivity contribution in [3.05, 3.63) is 22.4 Å². The van der Waals surface area contributed by atoms with Gasteiger partial charge in [-0.2, -0.15) is 0 Å². The van der Waals surface area contributed by atoms with Gasteiger partial charge in [0.1, 0.15) is 6.04 Å². The van der Waals surface area contributed by atoms with Crippen LogP contribution in [0.25, 0.3) is 0 Å². The van der Waals surface area contributed by atoms with Crippen LogP contribution in [0.5, 0.6) is 0 Å². The molecule has 5 heteroatoms. The maximum absolute atomic E-state index is 11.5. The molecule has 0 aliphatic heterocycles. The van der Waals surface area contributed by atoms with E-state index in [1.807, 2.05) is 17.5 Å². The average Bonchev–Trinajstić information content (AvgIpc) is 2.78. The lowest BCUT2D eigenvalue weighted by atomic mass is 10.2. The number of carboxylic acids is 1. The van der Waals surface area contributed by atoms with Crippen LogP contribution in [0, 0.1) is 0 Å². The number of hydrogen-bond donors (Lipinski definition) is 2. The molecule has 0 saturated carbocycles. The van der Waals surface area contributed by atoms with Gasteiger partial charge in [0.15, 0.2) is 0 Å². The fraction of sp³-hybridized carbons (Fsp3) is 0.500. The lowest BCUT2D eigenvalue weighted by Gasteiger charge is -2.11. The van der Waals surface area contributed by atoms with E-state index in [2.05, 4.69) is 5.32 Å². The number of carboxylic acid groups (broad SMARTS) is 1. The Balaban J connectivity index is 2.23. The smallest absolute Gasteiger partial charge is 0.326 e. The Morgan fingerprint density at radius 1 is 1.53 bits per heavy atom. The predicted octanol–water partition coefficient (Wildman–Crippen LogP) is 2.05. The second kappa shape index (κ2) is 7.06. The molecular formula is C12H17NO3S. The van der Waals surface area contributed by atoms with Gasteiger partial charge in [-0.15, -0.1) is 11.3 Å². The molecule has 94 valence electrons. The van der Waals surface area contributed by atoms with Crippen molar-refractivity contribution in [2.45, 2.75) is 38.6 Å². The van der Waals surface area contributed by atoms with E-state index in [9.17, 15) is 9.59 Å². The van der Waals surface area contributed by atoms with Gasteiger partial charge in [0, 0.05) is 11.3 Å². The van der Waals surface area contributed by atoms with Crippen LogP contribution in [0.3, 0.4) is 0 Å². The first-order valence-electron chi connectivity index (χ1n) is 5.68. The van der Waals surface area contributed by atoms with Crippen LogP contribution >= 0.6 is 11.3 Å². The summed E-state index contributed by atoms with van der Waals surface area (Å²) in [7, 11) is 0. The molecule has 1 rings (SSSR count). The summed E-state index contributed by atoms with van der Waals surface area (Å²) in [6.45, 7) is 1.74. The standard InChI is InChI=1S/C12H17NO3S/c1-2-10(12(15)16)13-11(14)7-3-5-9-6-4-8-17-9/h4,6,8,10H,2-3,5,7H2,1H3,(H,13,14)(H,15,16)/t10-/m0/s1. The van der Waals surface area contributed by atoms with Crippen LogP contribution in [-0.2, 0) is 16.0 Å². The average molecular weight is 255 g/mol. The normalized spacial score (nSPS) is 12.1. The SMILES string of the molecule is CC[C@H](NC(=O)CCCc1cccs1)C(=O)O. The summed E-state index contributed by atoms with van der Waals surface area (Å²) in [5.74, 6) is -1.16. The van der Waals surface area contributed by atoms with Gasteiger partial charge in [-0.3, -0.25) is 4.79 Å². The minimum atomic E-state index is -0.973. The van der Waals surface area contributed by atoms with Crippen LogP contribution in [0.1, 0.15) is 31.1 Å². The number of aryl methyl sites for hydroxylation is 1. The first-order valence-corrected chi connectivity index (χ1v) is 6.56. The quantitative estimate of drug-likeness (QED) is 0.783. The zero-order valence-corrected chi connectivity index (χ0v) is 10.6. The van der Waals surface area contributed by atoms with Crippen molar-refractivity contribution in [2.24, 2.45) is 0 Å². The van der Waals surface area contributed by atoms with Crippen LogP contribution in [0.2, 0.25) is 0 Å². The summed E-state index contributed by atoms with van der Waals surface area (Å²) in [5, 5.41) is 13.3. The summed E-state index contributed by atoms with van der Waals surface area (Å²) < 4.78 is 0. The third-order valence-corrected chi connectivity index (χ3v) is 3.38. The van der Waals surface area contributed by atoms with E-state index < -0.39 is 12.0 Å². The number of nitrogens with one attached hydrogen (secondary N) is 1. The summed E-state index contributed by atoms with van der Waals surface area (Å²) in [5.41, 5.74) is 0. The van der Waals surface area contributed by atoms with Gasteiger partial charge in [0.25, 0.3) is 0 Å². The Hall–Kier alpha value is -1.36. The Morgan fingerprint density at radius 3 is 2.82 bits per heavy atom. The third kappa shape index (κ3) is 4.99. The fourth-order valence-corrected chi connectivity index (χ4v) is 2.23. The topological polar surface area (TPSA) is 66.4 Å². The van der Waals surface area contributed by atoms with Crippen molar-refractivity contribution >= 4 is 23.2 Å². The summed E-state index contributed by atoms with van der Waals surface area (Å²) in [4.78, 5) is 23.4. The van der Waals surface area contributed by atoms with Crippen LogP contribution < -0.4 is 5.32 Å². The molecule has 1 atom stereocenters. The molecule has 0 unspecified atom stereocenters. The van der Waals surface area contributed by atoms with E-state index >= 15 is 0 Å². The zero-order valence-electron chi connectivity index (χ0n) is 9.81. The fourth-order valence-electron chi connectivity index (χ4n) is 1.48. The number of aliphatic carboxylic acids is 1. The lowest BCUT2D eigenvalue weighted by molar-refractivity contribution is -0.141. The van der Waals surface area contributed by atoms with Gasteiger partial charge in [-0.05, 0) is 30.7 Å². The van der Waals surface area contributed by atoms with E-state index in [0.29, 0.717) is 12.8 Å². The van der Waals surface area contributed by atoms with Crippen LogP contribution in [0.15, 0.2) is 17.5 Å². The highest BCUT2D eigenvalue weighted by Crippen LogP contribution is 2.11. The Kier molecular flexibility index (Phi) is 5.69. The van der Waals surface area contributed by atoms with E-state index in [4.69, 9.17) is 5.11 Å². The Morgan fingerprint density at radius 2 is 2.29 bits per heavy atom. The molecule has 0 aliphatic rings. The van der Waals surface area contributed by atoms with Crippen LogP contribution in [0.4, 0.5) is 0 Å². The molecule has 1 amide bonds. The lowest BCUT2D eigenvalue weighted by Crippen LogP contribution is -2.40. The second-order valence-corrected chi connectivity index (χ2v) is 4.83. The highest BCUT2D eigenvalue weighted by molar-refractivity contribution is 7.09. The molecule has 0 saturated heterocycles. The molecule has 0 bridgehead atoms. The highest BCUT2D eigenvalue weighted by atomic mass is 32.1. The number of carbonyl (C=O) groups is 2. The maximum Gasteiger partial charge on any atom is 0.326 e. The van der Waals surface area contributed by atoms with Gasteiger partial charge >= 0.3 is 5.97 Å². The molecule has 1 aromatic rings. The summed E-state index contributed by atoms with van der Waals surface area (Å²) >= 11 is 1.67. The third-order valence-electron chi connectivity index (χ3n) is 2.45. The van der Waals surface area contributed by atoms with Crippen molar-refractivity contribution in [2.75, 3.05) is 0 Å². The summed E-state index contributed by atoms with van der Waals surface area (Å²) in [6.07, 6.45) is 2.41. The van der Waals surface area contributed by atoms with Crippen molar-refractivity contribution in [1.82, 2.24) is 5.32 Å². The number of amides is 1. The molecule has 1 aromatic heterocycles. The van der Waals surface area contributed by atoms with Crippen molar-refractivity contribution in [3.63, 3.8) is 0 Å². The molecule has 0 spiro atoms. The van der Waals surface area contributed by atoms with E-state index in [1.54, 1.807) is 18.3 Å². The number of rotatable bonds is 7. The van der Waals surface area contributed by atoms with Crippen LogP contribution in [-0.4, -0.2) is 23.0 Å². The van der Waals surface area contributed by atoms with Gasteiger partial charge < -0.3 is 10.4 Å². The zero-order chi connectivity index (χ0) is 12.7. The molecule has 0 fully saturated rings. The molecule has 17 heavy (non-hydrogen) atoms. The molecule has 1 heterocycles. The van der Waals surface area contributed by atoms with Gasteiger partial charge in [0.2, 0.25) is 5.91 Å². The van der Waals surface area contributed by atoms with Crippen molar-refractivity contribution < 1.29 is 14.7 Å². The molecule has 2 N–H and O–H groups in total. The van der Waals surface area contributed by atoms with Gasteiger partial charge in [-0.25, -0.2) is 4.79 Å². The Bertz CT molecular complexity index is 362. The molecular weight excluding hydrogens is 238 g/mol. The number of thiophene rings is 1. The number of carbonyl (C=O) groups excluding carboxylic acids is 1. The minimum Gasteiger partial charge on any atom is -0.480 e. The molecule has 0 aromatic carbocycles. The predicted molar refractivity (Wildman–Crippen MR) is 67.1 cm³/mol. The van der Waals surface area contributed by atoms with E-state index in [1.165, 1.54) is 4.88 Å². The monoisotopic (exact) mass is 255 g/mol. The minimum absolute atomic E-state index is 0.184. The van der Waals surface area contributed by atoms with Gasteiger partial charge in [0.05, 0.1) is 0 Å². The number of hydrogen-bond acceptors (Lipinski definition) is 3. The van der Waals surface area contributed by atoms with E-state index in [0.717, 1.165) is 12.8 Å². The summed E-state index contributed by atoms with van der Waals surface area (Å²) in [6, 6.07) is 3.26. The molecule has 0 radical (unpaired) electrons. The highest BCUT2D eigenvalue weighted by Gasteiger charge is 2.16. The maximum atomic E-state index is 11.5. The first-order chi connectivity index (χ1) is 8.13. The van der Waals surface area contributed by atoms with Gasteiger partial charge in [-0.1, -0.05) is 13.0 Å². The van der Waals surface area contributed by atoms with Crippen molar-refractivity contribution in [1.29, 1.82) is 0 Å².